The molecule has 27 aromatic rings. The standard InChI is InChI=1S/2C46H34N2O.C44H30N2O/c1-31-13-9-11-19-43(31)47(37-15-5-3-6-16-37)39-23-21-33-29-45-41(27-35(33)25-39)42-28-36-26-40(24-22-34(36)30-46(42)49-45)48(38-17-7-4-8-18-38)44-20-12-10-14-32(44)2;1-31-11-9-17-39(23-31)47(37-13-5-3-6-14-37)41-21-19-33-29-45-43(27-35(33)25-41)44-28-36-26-42(22-20-34(36)30-46(44)49-45)48(38-15-7-4-8-16-38)40-18-10-12-32(2)24-40;1-5-13-35(14-6-1)45(36-15-7-2-8-16-36)39-23-21-31-29-43-41(27-33(31)25-39)42-28-34-26-40(24-22-32(34)30-44(42)47-43)46(37-17-9-3-10-18-37)38-19-11-4-12-20-38/h2*3-30H,1-2H3;1-30H. The van der Waals surface area contributed by atoms with Crippen molar-refractivity contribution in [2.24, 2.45) is 0 Å². The van der Waals surface area contributed by atoms with Crippen LogP contribution in [0.3, 0.4) is 0 Å². The number of hydrogen-bond acceptors (Lipinski definition) is 9. The molecule has 0 bridgehead atoms. The lowest BCUT2D eigenvalue weighted by Gasteiger charge is -2.27. The van der Waals surface area contributed by atoms with E-state index < -0.39 is 0 Å². The summed E-state index contributed by atoms with van der Waals surface area (Å²) < 4.78 is 19.5. The van der Waals surface area contributed by atoms with Gasteiger partial charge in [-0.25, -0.2) is 0 Å². The first kappa shape index (κ1) is 87.5. The number of aryl methyl sites for hydroxylation is 4. The first-order valence-electron chi connectivity index (χ1n) is 49.4. The minimum Gasteiger partial charge on any atom is -0.456 e. The number of rotatable bonds is 18. The third-order valence-corrected chi connectivity index (χ3v) is 28.0. The van der Waals surface area contributed by atoms with Gasteiger partial charge in [-0.1, -0.05) is 243 Å². The Kier molecular flexibility index (Phi) is 22.7. The number of anilines is 18. The molecule has 0 aliphatic heterocycles. The van der Waals surface area contributed by atoms with Gasteiger partial charge in [0.25, 0.3) is 0 Å². The molecular formula is C136H98N6O3. The average Bonchev–Trinajstić information content (AvgIpc) is 1.61. The highest BCUT2D eigenvalue weighted by atomic mass is 16.3. The number of nitrogens with zero attached hydrogens (tertiary/aromatic N) is 6. The number of para-hydroxylation sites is 10. The quantitative estimate of drug-likeness (QED) is 0.0836. The molecule has 9 heteroatoms. The van der Waals surface area contributed by atoms with Gasteiger partial charge in [-0.3, -0.25) is 0 Å². The van der Waals surface area contributed by atoms with E-state index in [1.54, 1.807) is 0 Å². The number of hydrogen-bond donors (Lipinski definition) is 0. The topological polar surface area (TPSA) is 58.9 Å². The van der Waals surface area contributed by atoms with Crippen LogP contribution in [-0.4, -0.2) is 0 Å². The summed E-state index contributed by atoms with van der Waals surface area (Å²) in [6, 6.07) is 186. The highest BCUT2D eigenvalue weighted by Gasteiger charge is 2.25. The summed E-state index contributed by atoms with van der Waals surface area (Å²) in [6.07, 6.45) is 0. The fourth-order valence-corrected chi connectivity index (χ4v) is 21.0. The molecule has 690 valence electrons. The van der Waals surface area contributed by atoms with Gasteiger partial charge < -0.3 is 42.7 Å². The highest BCUT2D eigenvalue weighted by Crippen LogP contribution is 2.49. The zero-order valence-corrected chi connectivity index (χ0v) is 80.6. The van der Waals surface area contributed by atoms with Gasteiger partial charge in [0.1, 0.15) is 33.5 Å². The van der Waals surface area contributed by atoms with Crippen LogP contribution in [0, 0.1) is 27.7 Å². The van der Waals surface area contributed by atoms with E-state index in [4.69, 9.17) is 13.3 Å². The normalized spacial score (nSPS) is 11.4. The second-order valence-corrected chi connectivity index (χ2v) is 37.5. The van der Waals surface area contributed by atoms with Crippen molar-refractivity contribution < 1.29 is 13.3 Å². The summed E-state index contributed by atoms with van der Waals surface area (Å²) in [5.41, 5.74) is 30.6. The summed E-state index contributed by atoms with van der Waals surface area (Å²) in [5, 5.41) is 20.6. The zero-order chi connectivity index (χ0) is 97.0. The van der Waals surface area contributed by atoms with Crippen LogP contribution in [0.2, 0.25) is 0 Å². The summed E-state index contributed by atoms with van der Waals surface area (Å²) in [7, 11) is 0. The second-order valence-electron chi connectivity index (χ2n) is 37.5. The molecule has 0 saturated heterocycles. The zero-order valence-electron chi connectivity index (χ0n) is 80.6. The van der Waals surface area contributed by atoms with Crippen LogP contribution in [0.1, 0.15) is 22.3 Å². The van der Waals surface area contributed by atoms with Crippen LogP contribution in [0.4, 0.5) is 102 Å². The van der Waals surface area contributed by atoms with Crippen molar-refractivity contribution in [2.75, 3.05) is 29.4 Å². The third-order valence-electron chi connectivity index (χ3n) is 28.0. The minimum absolute atomic E-state index is 0.897. The number of furan rings is 3. The molecule has 0 aliphatic carbocycles. The van der Waals surface area contributed by atoms with E-state index in [1.165, 1.54) is 65.9 Å². The molecule has 0 saturated carbocycles. The summed E-state index contributed by atoms with van der Waals surface area (Å²) in [6.45, 7) is 8.62. The number of fused-ring (bicyclic) bond motifs is 15. The lowest BCUT2D eigenvalue weighted by molar-refractivity contribution is 0.669. The van der Waals surface area contributed by atoms with Crippen LogP contribution in [0.25, 0.3) is 130 Å². The van der Waals surface area contributed by atoms with E-state index >= 15 is 0 Å². The molecule has 145 heavy (non-hydrogen) atoms. The Morgan fingerprint density at radius 3 is 0.503 bits per heavy atom. The third kappa shape index (κ3) is 17.1. The van der Waals surface area contributed by atoms with Crippen LogP contribution < -0.4 is 29.4 Å². The molecule has 9 nitrogen and oxygen atoms in total. The Morgan fingerprint density at radius 1 is 0.124 bits per heavy atom. The van der Waals surface area contributed by atoms with Crippen molar-refractivity contribution in [2.45, 2.75) is 27.7 Å². The molecule has 0 N–H and O–H groups in total. The van der Waals surface area contributed by atoms with Crippen LogP contribution >= 0.6 is 0 Å². The van der Waals surface area contributed by atoms with E-state index in [0.29, 0.717) is 0 Å². The van der Waals surface area contributed by atoms with Gasteiger partial charge in [0.15, 0.2) is 0 Å². The molecule has 0 atom stereocenters. The van der Waals surface area contributed by atoms with Gasteiger partial charge >= 0.3 is 0 Å². The Labute approximate surface area is 841 Å². The lowest BCUT2D eigenvalue weighted by atomic mass is 10.0. The first-order chi connectivity index (χ1) is 71.5. The van der Waals surface area contributed by atoms with Gasteiger partial charge in [-0.05, 0) is 394 Å². The van der Waals surface area contributed by atoms with E-state index in [9.17, 15) is 0 Å². The fraction of sp³-hybridized carbons (Fsp3) is 0.0294. The molecular weight excluding hydrogens is 1770 g/mol. The van der Waals surface area contributed by atoms with Gasteiger partial charge in [0.2, 0.25) is 0 Å². The smallest absolute Gasteiger partial charge is 0.136 e. The van der Waals surface area contributed by atoms with E-state index in [-0.39, 0.29) is 0 Å². The van der Waals surface area contributed by atoms with Crippen molar-refractivity contribution in [3.63, 3.8) is 0 Å². The molecule has 27 rings (SSSR count). The molecule has 0 radical (unpaired) electrons. The van der Waals surface area contributed by atoms with E-state index in [1.807, 2.05) is 0 Å². The Morgan fingerprint density at radius 2 is 0.297 bits per heavy atom. The van der Waals surface area contributed by atoms with Gasteiger partial charge in [0, 0.05) is 135 Å². The van der Waals surface area contributed by atoms with Crippen molar-refractivity contribution in [3.05, 3.63) is 544 Å². The maximum absolute atomic E-state index is 6.51. The predicted molar refractivity (Wildman–Crippen MR) is 613 cm³/mol. The maximum atomic E-state index is 6.51. The van der Waals surface area contributed by atoms with Gasteiger partial charge in [0.05, 0.1) is 0 Å². The van der Waals surface area contributed by atoms with Crippen LogP contribution in [0.5, 0.6) is 0 Å². The molecule has 0 fully saturated rings. The van der Waals surface area contributed by atoms with Crippen LogP contribution in [0.15, 0.2) is 535 Å². The Hall–Kier alpha value is -19.0. The van der Waals surface area contributed by atoms with Crippen molar-refractivity contribution >= 4 is 233 Å². The summed E-state index contributed by atoms with van der Waals surface area (Å²) in [4.78, 5) is 13.9. The van der Waals surface area contributed by atoms with Gasteiger partial charge in [-0.15, -0.1) is 0 Å². The molecule has 0 amide bonds. The largest absolute Gasteiger partial charge is 0.456 e. The Bertz CT molecular complexity index is 8910. The Balaban J connectivity index is 0.000000114. The number of benzene rings is 24. The second kappa shape index (κ2) is 37.7. The molecule has 3 heterocycles. The van der Waals surface area contributed by atoms with E-state index in [0.717, 1.165) is 189 Å². The molecule has 3 aromatic heterocycles. The molecule has 0 aliphatic rings. The molecule has 24 aromatic carbocycles. The first-order valence-corrected chi connectivity index (χ1v) is 49.4. The minimum atomic E-state index is 0.897. The SMILES string of the molecule is Cc1cccc(N(c2ccccc2)c2ccc3cc4oc5cc6ccc(N(c7ccccc7)c7cccc(C)c7)cc6cc5c4cc3c2)c1.Cc1ccccc1N(c1ccccc1)c1ccc2cc3oc4cc5ccc(N(c6ccccc6)c6ccccc6C)cc5cc4c3cc2c1.c1ccc(N(c2ccccc2)c2ccc3cc4oc5cc6ccc(N(c7ccccc7)c7ccccc7)cc6cc5c4cc3c2)cc1. The lowest BCUT2D eigenvalue weighted by Crippen LogP contribution is -2.11. The highest BCUT2D eigenvalue weighted by molar-refractivity contribution is 6.18. The average molecular weight is 1860 g/mol. The maximum Gasteiger partial charge on any atom is 0.136 e. The molecule has 0 spiro atoms. The predicted octanol–water partition coefficient (Wildman–Crippen LogP) is 39.7. The van der Waals surface area contributed by atoms with Gasteiger partial charge in [-0.2, -0.15) is 0 Å². The van der Waals surface area contributed by atoms with E-state index in [2.05, 4.69) is 579 Å². The van der Waals surface area contributed by atoms with Crippen molar-refractivity contribution in [1.82, 2.24) is 0 Å². The molecule has 0 unspecified atom stereocenters. The van der Waals surface area contributed by atoms with Crippen molar-refractivity contribution in [1.29, 1.82) is 0 Å². The van der Waals surface area contributed by atoms with Crippen LogP contribution in [-0.2, 0) is 0 Å². The monoisotopic (exact) mass is 1860 g/mol. The van der Waals surface area contributed by atoms with Crippen molar-refractivity contribution in [3.8, 4) is 0 Å². The fourth-order valence-electron chi connectivity index (χ4n) is 21.0. The summed E-state index contributed by atoms with van der Waals surface area (Å²) >= 11 is 0. The summed E-state index contributed by atoms with van der Waals surface area (Å²) in [5.74, 6) is 0.